The molecule has 0 radical (unpaired) electrons. The number of aromatic nitrogens is 4. The number of fused-ring (bicyclic) bond motifs is 1. The first-order valence-corrected chi connectivity index (χ1v) is 10.3. The maximum absolute atomic E-state index is 4.75. The predicted octanol–water partition coefficient (Wildman–Crippen LogP) is 3.49. The van der Waals surface area contributed by atoms with Gasteiger partial charge in [-0.15, -0.1) is 16.4 Å². The molecule has 8 heteroatoms. The van der Waals surface area contributed by atoms with Crippen LogP contribution in [-0.4, -0.2) is 45.8 Å². The Hall–Kier alpha value is -1.67. The fourth-order valence-electron chi connectivity index (χ4n) is 2.86. The number of aryl methyl sites for hydroxylation is 2. The zero-order chi connectivity index (χ0) is 17.8. The van der Waals surface area contributed by atoms with Gasteiger partial charge in [-0.2, -0.15) is 0 Å². The molecule has 0 N–H and O–H groups in total. The van der Waals surface area contributed by atoms with Crippen LogP contribution in [0.1, 0.15) is 37.0 Å². The molecule has 0 bridgehead atoms. The van der Waals surface area contributed by atoms with Crippen LogP contribution in [0.2, 0.25) is 0 Å². The van der Waals surface area contributed by atoms with Gasteiger partial charge in [0.2, 0.25) is 10.1 Å². The van der Waals surface area contributed by atoms with E-state index in [1.807, 2.05) is 4.52 Å². The summed E-state index contributed by atoms with van der Waals surface area (Å²) in [6.07, 6.45) is 2.06. The average molecular weight is 377 g/mol. The highest BCUT2D eigenvalue weighted by Crippen LogP contribution is 2.30. The van der Waals surface area contributed by atoms with Crippen molar-refractivity contribution in [2.24, 2.45) is 0 Å². The Morgan fingerprint density at radius 1 is 0.920 bits per heavy atom. The molecule has 1 saturated heterocycles. The van der Waals surface area contributed by atoms with Gasteiger partial charge < -0.3 is 9.80 Å². The third kappa shape index (κ3) is 3.13. The van der Waals surface area contributed by atoms with Crippen LogP contribution in [0, 0.1) is 13.8 Å². The first-order chi connectivity index (χ1) is 11.8. The summed E-state index contributed by atoms with van der Waals surface area (Å²) >= 11 is 3.48. The summed E-state index contributed by atoms with van der Waals surface area (Å²) in [5.74, 6) is 0. The van der Waals surface area contributed by atoms with Crippen LogP contribution in [0.5, 0.6) is 0 Å². The topological polar surface area (TPSA) is 49.6 Å². The summed E-state index contributed by atoms with van der Waals surface area (Å²) in [4.78, 5) is 16.5. The second-order valence-corrected chi connectivity index (χ2v) is 9.72. The van der Waals surface area contributed by atoms with E-state index in [-0.39, 0.29) is 5.41 Å². The summed E-state index contributed by atoms with van der Waals surface area (Å²) in [7, 11) is 0. The molecule has 0 saturated carbocycles. The van der Waals surface area contributed by atoms with Crippen molar-refractivity contribution in [1.82, 2.24) is 19.6 Å². The molecule has 1 aliphatic heterocycles. The summed E-state index contributed by atoms with van der Waals surface area (Å²) in [5.41, 5.74) is 2.30. The lowest BCUT2D eigenvalue weighted by molar-refractivity contribution is 0.572. The molecule has 1 aliphatic rings. The smallest absolute Gasteiger partial charge is 0.214 e. The number of anilines is 2. The van der Waals surface area contributed by atoms with Gasteiger partial charge in [0.15, 0.2) is 5.13 Å². The number of piperazine rings is 1. The first kappa shape index (κ1) is 16.8. The molecule has 0 unspecified atom stereocenters. The number of rotatable bonds is 2. The second-order valence-electron chi connectivity index (χ2n) is 7.60. The molecule has 134 valence electrons. The Morgan fingerprint density at radius 2 is 1.56 bits per heavy atom. The maximum atomic E-state index is 4.75. The van der Waals surface area contributed by atoms with E-state index in [2.05, 4.69) is 55.6 Å². The monoisotopic (exact) mass is 376 g/mol. The highest BCUT2D eigenvalue weighted by atomic mass is 32.1. The van der Waals surface area contributed by atoms with Crippen LogP contribution in [0.15, 0.2) is 6.20 Å². The van der Waals surface area contributed by atoms with Gasteiger partial charge >= 0.3 is 0 Å². The third-order valence-corrected chi connectivity index (χ3v) is 6.76. The Labute approximate surface area is 156 Å². The molecule has 0 aromatic carbocycles. The summed E-state index contributed by atoms with van der Waals surface area (Å²) in [6.45, 7) is 14.7. The summed E-state index contributed by atoms with van der Waals surface area (Å²) in [6, 6.07) is 0. The van der Waals surface area contributed by atoms with Gasteiger partial charge in [-0.05, 0) is 13.8 Å². The Morgan fingerprint density at radius 3 is 2.08 bits per heavy atom. The van der Waals surface area contributed by atoms with Crippen molar-refractivity contribution < 1.29 is 0 Å². The lowest BCUT2D eigenvalue weighted by atomic mass is 9.93. The predicted molar refractivity (Wildman–Crippen MR) is 106 cm³/mol. The van der Waals surface area contributed by atoms with E-state index in [1.165, 1.54) is 4.88 Å². The van der Waals surface area contributed by atoms with Crippen molar-refractivity contribution in [3.05, 3.63) is 22.5 Å². The van der Waals surface area contributed by atoms with Crippen molar-refractivity contribution >= 4 is 37.9 Å². The molecule has 3 aromatic rings. The Balaban J connectivity index is 1.47. The zero-order valence-corrected chi connectivity index (χ0v) is 17.0. The molecule has 4 heterocycles. The van der Waals surface area contributed by atoms with Crippen LogP contribution in [0.4, 0.5) is 10.3 Å². The van der Waals surface area contributed by atoms with Crippen molar-refractivity contribution in [1.29, 1.82) is 0 Å². The minimum atomic E-state index is 0.0587. The van der Waals surface area contributed by atoms with Crippen molar-refractivity contribution in [3.63, 3.8) is 0 Å². The van der Waals surface area contributed by atoms with E-state index >= 15 is 0 Å². The Bertz CT molecular complexity index is 841. The van der Waals surface area contributed by atoms with Gasteiger partial charge in [-0.25, -0.2) is 14.5 Å². The van der Waals surface area contributed by atoms with Crippen LogP contribution in [-0.2, 0) is 5.41 Å². The van der Waals surface area contributed by atoms with E-state index in [0.717, 1.165) is 52.8 Å². The van der Waals surface area contributed by atoms with Gasteiger partial charge in [0.1, 0.15) is 0 Å². The van der Waals surface area contributed by atoms with Crippen LogP contribution < -0.4 is 9.80 Å². The van der Waals surface area contributed by atoms with Crippen LogP contribution in [0.25, 0.3) is 4.96 Å². The van der Waals surface area contributed by atoms with Crippen molar-refractivity contribution in [2.45, 2.75) is 40.0 Å². The number of thiazole rings is 1. The number of hydrogen-bond acceptors (Lipinski definition) is 7. The van der Waals surface area contributed by atoms with E-state index in [9.17, 15) is 0 Å². The van der Waals surface area contributed by atoms with Crippen LogP contribution in [0.3, 0.4) is 0 Å². The lowest BCUT2D eigenvalue weighted by Crippen LogP contribution is -2.46. The molecule has 25 heavy (non-hydrogen) atoms. The van der Waals surface area contributed by atoms with Gasteiger partial charge in [-0.1, -0.05) is 32.1 Å². The molecule has 0 aliphatic carbocycles. The Kier molecular flexibility index (Phi) is 3.99. The van der Waals surface area contributed by atoms with Gasteiger partial charge in [0.25, 0.3) is 0 Å². The molecular weight excluding hydrogens is 352 g/mol. The van der Waals surface area contributed by atoms with Gasteiger partial charge in [0, 0.05) is 36.5 Å². The third-order valence-electron chi connectivity index (χ3n) is 4.64. The van der Waals surface area contributed by atoms with Crippen molar-refractivity contribution in [3.8, 4) is 0 Å². The molecular formula is C17H24N6S2. The molecule has 0 atom stereocenters. The molecule has 1 fully saturated rings. The first-order valence-electron chi connectivity index (χ1n) is 8.62. The molecule has 3 aromatic heterocycles. The van der Waals surface area contributed by atoms with Gasteiger partial charge in [-0.3, -0.25) is 0 Å². The molecule has 0 amide bonds. The number of imidazole rings is 1. The minimum absolute atomic E-state index is 0.0587. The number of nitrogens with zero attached hydrogens (tertiary/aromatic N) is 6. The van der Waals surface area contributed by atoms with E-state index in [1.54, 1.807) is 22.7 Å². The second kappa shape index (κ2) is 5.95. The normalized spacial score (nSPS) is 16.2. The molecule has 4 rings (SSSR count). The largest absolute Gasteiger partial charge is 0.345 e. The van der Waals surface area contributed by atoms with E-state index in [0.29, 0.717) is 0 Å². The van der Waals surface area contributed by atoms with E-state index < -0.39 is 0 Å². The maximum Gasteiger partial charge on any atom is 0.214 e. The van der Waals surface area contributed by atoms with Gasteiger partial charge in [0.05, 0.1) is 17.6 Å². The van der Waals surface area contributed by atoms with Crippen molar-refractivity contribution in [2.75, 3.05) is 36.0 Å². The lowest BCUT2D eigenvalue weighted by Gasteiger charge is -2.34. The quantitative estimate of drug-likeness (QED) is 0.685. The molecule has 0 spiro atoms. The SMILES string of the molecule is Cc1nc(N2CCN(c3nn4cc(C(C)(C)C)nc4s3)CC2)sc1C. The van der Waals surface area contributed by atoms with E-state index in [4.69, 9.17) is 10.1 Å². The fourth-order valence-corrected chi connectivity index (χ4v) is 4.76. The van der Waals surface area contributed by atoms with Crippen LogP contribution >= 0.6 is 22.7 Å². The average Bonchev–Trinajstić information content (AvgIpc) is 3.20. The number of hydrogen-bond donors (Lipinski definition) is 0. The highest BCUT2D eigenvalue weighted by molar-refractivity contribution is 7.20. The highest BCUT2D eigenvalue weighted by Gasteiger charge is 2.24. The zero-order valence-electron chi connectivity index (χ0n) is 15.4. The minimum Gasteiger partial charge on any atom is -0.345 e. The summed E-state index contributed by atoms with van der Waals surface area (Å²) in [5, 5.41) is 6.97. The standard InChI is InChI=1S/C17H24N6S2/c1-11-12(2)24-14(18-11)21-6-8-22(9-7-21)16-20-23-10-13(17(3,4)5)19-15(23)25-16/h10H,6-9H2,1-5H3. The molecule has 6 nitrogen and oxygen atoms in total. The fraction of sp³-hybridized carbons (Fsp3) is 0.588. The summed E-state index contributed by atoms with van der Waals surface area (Å²) < 4.78 is 1.93.